The van der Waals surface area contributed by atoms with Crippen LogP contribution in [0.1, 0.15) is 42.6 Å². The molecule has 2 aromatic rings. The van der Waals surface area contributed by atoms with E-state index in [0.29, 0.717) is 31.5 Å². The van der Waals surface area contributed by atoms with Crippen LogP contribution in [-0.2, 0) is 16.0 Å². The molecule has 30 heavy (non-hydrogen) atoms. The Kier molecular flexibility index (Phi) is 5.57. The van der Waals surface area contributed by atoms with Crippen LogP contribution in [0.15, 0.2) is 42.5 Å². The van der Waals surface area contributed by atoms with Gasteiger partial charge in [-0.1, -0.05) is 30.3 Å². The average molecular weight is 406 g/mol. The molecule has 0 saturated carbocycles. The van der Waals surface area contributed by atoms with Crippen molar-refractivity contribution < 1.29 is 19.1 Å². The molecule has 2 aliphatic heterocycles. The van der Waals surface area contributed by atoms with Gasteiger partial charge in [-0.2, -0.15) is 0 Å². The number of rotatable bonds is 5. The Morgan fingerprint density at radius 1 is 1.13 bits per heavy atom. The van der Waals surface area contributed by atoms with Gasteiger partial charge >= 0.3 is 0 Å². The number of likely N-dealkylation sites (tertiary alicyclic amines) is 1. The highest BCUT2D eigenvalue weighted by Gasteiger charge is 2.33. The van der Waals surface area contributed by atoms with Gasteiger partial charge in [0, 0.05) is 25.5 Å². The van der Waals surface area contributed by atoms with E-state index in [1.807, 2.05) is 36.4 Å². The summed E-state index contributed by atoms with van der Waals surface area (Å²) in [4.78, 5) is 37.8. The van der Waals surface area contributed by atoms with Crippen molar-refractivity contribution in [1.82, 2.24) is 10.2 Å². The summed E-state index contributed by atoms with van der Waals surface area (Å²) in [7, 11) is 0. The quantitative estimate of drug-likeness (QED) is 0.775. The molecular formula is C24H26N2O4. The monoisotopic (exact) mass is 406 g/mol. The van der Waals surface area contributed by atoms with Crippen LogP contribution in [0.25, 0.3) is 11.1 Å². The summed E-state index contributed by atoms with van der Waals surface area (Å²) in [6.45, 7) is 4.12. The number of carbonyl (C=O) groups is 3. The summed E-state index contributed by atoms with van der Waals surface area (Å²) in [5.74, 6) is 0.674. The van der Waals surface area contributed by atoms with Gasteiger partial charge in [0.15, 0.2) is 5.78 Å². The minimum absolute atomic E-state index is 0.0365. The molecule has 1 saturated heterocycles. The first-order valence-electron chi connectivity index (χ1n) is 10.4. The lowest BCUT2D eigenvalue weighted by molar-refractivity contribution is -0.137. The van der Waals surface area contributed by atoms with Crippen molar-refractivity contribution in [2.45, 2.75) is 45.3 Å². The molecule has 0 aromatic heterocycles. The Morgan fingerprint density at radius 3 is 2.70 bits per heavy atom. The summed E-state index contributed by atoms with van der Waals surface area (Å²) in [5.41, 5.74) is 3.66. The van der Waals surface area contributed by atoms with Crippen LogP contribution in [0.2, 0.25) is 0 Å². The molecule has 0 aliphatic carbocycles. The molecule has 0 radical (unpaired) electrons. The zero-order valence-corrected chi connectivity index (χ0v) is 17.3. The lowest BCUT2D eigenvalue weighted by atomic mass is 9.95. The molecule has 1 N–H and O–H groups in total. The zero-order chi connectivity index (χ0) is 21.3. The number of fused-ring (bicyclic) bond motifs is 1. The molecule has 2 aliphatic rings. The summed E-state index contributed by atoms with van der Waals surface area (Å²) in [5, 5.41) is 2.95. The van der Waals surface area contributed by atoms with Gasteiger partial charge in [-0.15, -0.1) is 0 Å². The van der Waals surface area contributed by atoms with Crippen molar-refractivity contribution in [1.29, 1.82) is 0 Å². The van der Waals surface area contributed by atoms with E-state index in [4.69, 9.17) is 4.74 Å². The highest BCUT2D eigenvalue weighted by molar-refractivity contribution is 6.00. The maximum atomic E-state index is 12.5. The predicted octanol–water partition coefficient (Wildman–Crippen LogP) is 2.99. The second-order valence-corrected chi connectivity index (χ2v) is 7.98. The second kappa shape index (κ2) is 8.30. The first-order chi connectivity index (χ1) is 14.4. The van der Waals surface area contributed by atoms with Gasteiger partial charge < -0.3 is 15.0 Å². The fraction of sp³-hybridized carbons (Fsp3) is 0.375. The van der Waals surface area contributed by atoms with Crippen LogP contribution < -0.4 is 10.1 Å². The molecule has 6 nitrogen and oxygen atoms in total. The van der Waals surface area contributed by atoms with Crippen molar-refractivity contribution in [3.8, 4) is 16.9 Å². The van der Waals surface area contributed by atoms with E-state index in [9.17, 15) is 14.4 Å². The van der Waals surface area contributed by atoms with Gasteiger partial charge in [-0.05, 0) is 48.6 Å². The minimum atomic E-state index is -0.374. The van der Waals surface area contributed by atoms with E-state index in [0.717, 1.165) is 28.9 Å². The number of carbonyl (C=O) groups excluding carboxylic acids is 3. The average Bonchev–Trinajstić information content (AvgIpc) is 3.38. The molecular weight excluding hydrogens is 380 g/mol. The number of nitrogens with one attached hydrogen (secondary N) is 1. The summed E-state index contributed by atoms with van der Waals surface area (Å²) >= 11 is 0. The number of hydrogen-bond acceptors (Lipinski definition) is 4. The highest BCUT2D eigenvalue weighted by atomic mass is 16.5. The molecule has 6 heteroatoms. The van der Waals surface area contributed by atoms with E-state index in [2.05, 4.69) is 11.4 Å². The topological polar surface area (TPSA) is 75.7 Å². The Balaban J connectivity index is 1.41. The smallest absolute Gasteiger partial charge is 0.242 e. The normalized spacial score (nSPS) is 19.9. The standard InChI is InChI=1S/C24H26N2O4/c1-15(27)20-6-3-4-7-21(20)17-9-10-23-18(12-17)13-19(30-23)14-25-24(29)22-8-5-11-26(22)16(2)28/h3-4,6-7,9-10,12,19,22H,5,8,11,13-14H2,1-2H3,(H,25,29)/t19?,22-/m0/s1. The highest BCUT2D eigenvalue weighted by Crippen LogP contribution is 2.34. The Morgan fingerprint density at radius 2 is 1.93 bits per heavy atom. The van der Waals surface area contributed by atoms with Crippen LogP contribution in [0.4, 0.5) is 0 Å². The zero-order valence-electron chi connectivity index (χ0n) is 17.3. The van der Waals surface area contributed by atoms with Crippen molar-refractivity contribution in [2.24, 2.45) is 0 Å². The molecule has 1 unspecified atom stereocenters. The molecule has 0 spiro atoms. The molecule has 0 bridgehead atoms. The first kappa shape index (κ1) is 20.1. The first-order valence-corrected chi connectivity index (χ1v) is 10.4. The summed E-state index contributed by atoms with van der Waals surface area (Å²) in [6.07, 6.45) is 2.10. The van der Waals surface area contributed by atoms with E-state index >= 15 is 0 Å². The lowest BCUT2D eigenvalue weighted by Crippen LogP contribution is -2.47. The van der Waals surface area contributed by atoms with Gasteiger partial charge in [0.25, 0.3) is 0 Å². The number of nitrogens with zero attached hydrogens (tertiary/aromatic N) is 1. The number of benzene rings is 2. The number of ether oxygens (including phenoxy) is 1. The van der Waals surface area contributed by atoms with Gasteiger partial charge in [-0.25, -0.2) is 0 Å². The largest absolute Gasteiger partial charge is 0.488 e. The maximum absolute atomic E-state index is 12.5. The van der Waals surface area contributed by atoms with Crippen LogP contribution >= 0.6 is 0 Å². The van der Waals surface area contributed by atoms with Gasteiger partial charge in [0.1, 0.15) is 17.9 Å². The maximum Gasteiger partial charge on any atom is 0.242 e. The van der Waals surface area contributed by atoms with E-state index < -0.39 is 0 Å². The number of Topliss-reactive ketones (excluding diaryl/α,β-unsaturated/α-hetero) is 1. The van der Waals surface area contributed by atoms with Crippen molar-refractivity contribution in [3.63, 3.8) is 0 Å². The fourth-order valence-electron chi connectivity index (χ4n) is 4.39. The van der Waals surface area contributed by atoms with Gasteiger partial charge in [0.05, 0.1) is 6.54 Å². The van der Waals surface area contributed by atoms with Crippen molar-refractivity contribution in [3.05, 3.63) is 53.6 Å². The van der Waals surface area contributed by atoms with Crippen LogP contribution in [0, 0.1) is 0 Å². The predicted molar refractivity (Wildman–Crippen MR) is 113 cm³/mol. The molecule has 4 rings (SSSR count). The Bertz CT molecular complexity index is 1000. The third-order valence-electron chi connectivity index (χ3n) is 5.88. The van der Waals surface area contributed by atoms with Gasteiger partial charge in [0.2, 0.25) is 11.8 Å². The summed E-state index contributed by atoms with van der Waals surface area (Å²) < 4.78 is 6.00. The van der Waals surface area contributed by atoms with Crippen LogP contribution in [0.3, 0.4) is 0 Å². The lowest BCUT2D eigenvalue weighted by Gasteiger charge is -2.23. The molecule has 1 fully saturated rings. The van der Waals surface area contributed by atoms with Crippen LogP contribution in [0.5, 0.6) is 5.75 Å². The summed E-state index contributed by atoms with van der Waals surface area (Å²) in [6, 6.07) is 13.2. The third kappa shape index (κ3) is 3.95. The number of ketones is 1. The van der Waals surface area contributed by atoms with Crippen molar-refractivity contribution in [2.75, 3.05) is 13.1 Å². The van der Waals surface area contributed by atoms with E-state index in [1.54, 1.807) is 11.8 Å². The van der Waals surface area contributed by atoms with E-state index in [1.165, 1.54) is 6.92 Å². The van der Waals surface area contributed by atoms with Crippen molar-refractivity contribution >= 4 is 17.6 Å². The number of amides is 2. The molecule has 2 amide bonds. The molecule has 2 heterocycles. The number of hydrogen-bond donors (Lipinski definition) is 1. The molecule has 2 atom stereocenters. The SMILES string of the molecule is CC(=O)c1ccccc1-c1ccc2c(c1)CC(CNC(=O)[C@@H]1CCCN1C(C)=O)O2. The Labute approximate surface area is 176 Å². The Hall–Kier alpha value is -3.15. The second-order valence-electron chi connectivity index (χ2n) is 7.98. The van der Waals surface area contributed by atoms with Crippen LogP contribution in [-0.4, -0.2) is 47.7 Å². The minimum Gasteiger partial charge on any atom is -0.488 e. The van der Waals surface area contributed by atoms with Gasteiger partial charge in [-0.3, -0.25) is 14.4 Å². The molecule has 156 valence electrons. The fourth-order valence-corrected chi connectivity index (χ4v) is 4.39. The third-order valence-corrected chi connectivity index (χ3v) is 5.88. The van der Waals surface area contributed by atoms with E-state index in [-0.39, 0.29) is 29.7 Å². The molecule has 2 aromatic carbocycles.